The van der Waals surface area contributed by atoms with Crippen molar-refractivity contribution in [1.82, 2.24) is 14.9 Å². The van der Waals surface area contributed by atoms with Gasteiger partial charge in [0.05, 0.1) is 17.1 Å². The average Bonchev–Trinajstić information content (AvgIpc) is 3.20. The number of H-pyrrole nitrogens is 1. The van der Waals surface area contributed by atoms with E-state index in [2.05, 4.69) is 62.4 Å². The zero-order valence-corrected chi connectivity index (χ0v) is 14.9. The molecule has 0 saturated heterocycles. The Hall–Kier alpha value is -2.81. The molecule has 2 N–H and O–H groups in total. The highest BCUT2D eigenvalue weighted by atomic mass is 32.1. The molecule has 0 radical (unpaired) electrons. The van der Waals surface area contributed by atoms with E-state index in [1.54, 1.807) is 11.3 Å². The fourth-order valence-corrected chi connectivity index (χ4v) is 3.58. The zero-order valence-electron chi connectivity index (χ0n) is 14.1. The number of fused-ring (bicyclic) bond motifs is 2. The van der Waals surface area contributed by atoms with E-state index in [1.165, 1.54) is 5.39 Å². The lowest BCUT2D eigenvalue weighted by molar-refractivity contribution is 0.464. The van der Waals surface area contributed by atoms with Crippen molar-refractivity contribution in [2.24, 2.45) is 0 Å². The Morgan fingerprint density at radius 2 is 2.12 bits per heavy atom. The van der Waals surface area contributed by atoms with Crippen LogP contribution in [0.3, 0.4) is 0 Å². The lowest BCUT2D eigenvalue weighted by atomic mass is 10.2. The van der Waals surface area contributed by atoms with Crippen LogP contribution in [0.25, 0.3) is 21.1 Å². The molecule has 0 saturated carbocycles. The van der Waals surface area contributed by atoms with Gasteiger partial charge in [-0.25, -0.2) is 4.98 Å². The minimum atomic E-state index is 0.753. The van der Waals surface area contributed by atoms with Gasteiger partial charge in [-0.15, -0.1) is 11.3 Å². The molecule has 0 bridgehead atoms. The first-order chi connectivity index (χ1) is 12.2. The highest BCUT2D eigenvalue weighted by Gasteiger charge is 2.07. The molecule has 4 rings (SSSR count). The van der Waals surface area contributed by atoms with E-state index < -0.39 is 0 Å². The largest absolute Gasteiger partial charge is 0.361 e. The van der Waals surface area contributed by atoms with Crippen LogP contribution >= 0.6 is 11.3 Å². The van der Waals surface area contributed by atoms with Gasteiger partial charge in [-0.1, -0.05) is 11.8 Å². The third kappa shape index (κ3) is 3.36. The first kappa shape index (κ1) is 15.7. The van der Waals surface area contributed by atoms with Crippen molar-refractivity contribution in [2.45, 2.75) is 0 Å². The van der Waals surface area contributed by atoms with Crippen molar-refractivity contribution in [2.75, 3.05) is 26.0 Å². The van der Waals surface area contributed by atoms with Crippen LogP contribution in [0, 0.1) is 11.8 Å². The first-order valence-corrected chi connectivity index (χ1v) is 8.87. The number of thiophene rings is 1. The summed E-state index contributed by atoms with van der Waals surface area (Å²) >= 11 is 1.63. The van der Waals surface area contributed by atoms with Gasteiger partial charge in [0.15, 0.2) is 0 Å². The molecule has 25 heavy (non-hydrogen) atoms. The lowest BCUT2D eigenvalue weighted by Crippen LogP contribution is -2.10. The van der Waals surface area contributed by atoms with Crippen LogP contribution in [0.1, 0.15) is 4.88 Å². The predicted octanol–water partition coefficient (Wildman–Crippen LogP) is 4.43. The van der Waals surface area contributed by atoms with Gasteiger partial charge in [0.2, 0.25) is 0 Å². The van der Waals surface area contributed by atoms with Gasteiger partial charge in [0, 0.05) is 34.4 Å². The van der Waals surface area contributed by atoms with Gasteiger partial charge in [-0.05, 0) is 50.5 Å². The summed E-state index contributed by atoms with van der Waals surface area (Å²) in [5.41, 5.74) is 3.25. The van der Waals surface area contributed by atoms with Crippen molar-refractivity contribution in [3.8, 4) is 11.8 Å². The van der Waals surface area contributed by atoms with Gasteiger partial charge < -0.3 is 10.3 Å². The van der Waals surface area contributed by atoms with E-state index in [1.807, 2.05) is 32.6 Å². The normalized spacial score (nSPS) is 11.0. The molecule has 0 aliphatic rings. The van der Waals surface area contributed by atoms with Gasteiger partial charge >= 0.3 is 0 Å². The molecule has 3 aromatic heterocycles. The van der Waals surface area contributed by atoms with Crippen molar-refractivity contribution in [1.29, 1.82) is 0 Å². The molecule has 0 atom stereocenters. The Bertz CT molecular complexity index is 1090. The van der Waals surface area contributed by atoms with Crippen molar-refractivity contribution in [3.63, 3.8) is 0 Å². The maximum atomic E-state index is 4.48. The molecule has 5 heteroatoms. The summed E-state index contributed by atoms with van der Waals surface area (Å²) in [4.78, 5) is 11.8. The monoisotopic (exact) mass is 346 g/mol. The van der Waals surface area contributed by atoms with Crippen LogP contribution in [0.5, 0.6) is 0 Å². The number of nitrogens with one attached hydrogen (secondary N) is 2. The summed E-state index contributed by atoms with van der Waals surface area (Å²) in [6.07, 6.45) is 3.80. The minimum Gasteiger partial charge on any atom is -0.361 e. The van der Waals surface area contributed by atoms with Crippen molar-refractivity contribution < 1.29 is 0 Å². The summed E-state index contributed by atoms with van der Waals surface area (Å²) < 4.78 is 0. The Morgan fingerprint density at radius 1 is 1.20 bits per heavy atom. The van der Waals surface area contributed by atoms with Gasteiger partial charge in [0.25, 0.3) is 0 Å². The quantitative estimate of drug-likeness (QED) is 0.539. The number of hydrogen-bond acceptors (Lipinski definition) is 4. The second kappa shape index (κ2) is 6.60. The van der Waals surface area contributed by atoms with E-state index in [9.17, 15) is 0 Å². The molecule has 0 unspecified atom stereocenters. The Morgan fingerprint density at radius 3 is 3.00 bits per heavy atom. The molecule has 0 aliphatic heterocycles. The standard InChI is InChI=1S/C20H18N4S/c1-24(2)11-3-4-16-13-17-19(8-10-22-20(17)25-16)23-15-5-6-18-14(12-15)7-9-21-18/h5-10,12-13,21H,11H2,1-2H3,(H,22,23). The van der Waals surface area contributed by atoms with E-state index >= 15 is 0 Å². The first-order valence-electron chi connectivity index (χ1n) is 8.05. The molecule has 4 nitrogen and oxygen atoms in total. The summed E-state index contributed by atoms with van der Waals surface area (Å²) in [6.45, 7) is 0.753. The molecular formula is C20H18N4S. The van der Waals surface area contributed by atoms with Crippen LogP contribution in [0.2, 0.25) is 0 Å². The number of nitrogens with zero attached hydrogens (tertiary/aromatic N) is 2. The predicted molar refractivity (Wildman–Crippen MR) is 107 cm³/mol. The molecule has 1 aromatic carbocycles. The third-order valence-corrected chi connectivity index (χ3v) is 4.83. The molecule has 124 valence electrons. The number of aromatic amines is 1. The molecule has 0 spiro atoms. The van der Waals surface area contributed by atoms with Crippen molar-refractivity contribution >= 4 is 43.8 Å². The fraction of sp³-hybridized carbons (Fsp3) is 0.150. The second-order valence-electron chi connectivity index (χ2n) is 6.13. The fourth-order valence-electron chi connectivity index (χ4n) is 2.68. The topological polar surface area (TPSA) is 44.0 Å². The maximum Gasteiger partial charge on any atom is 0.126 e. The average molecular weight is 346 g/mol. The smallest absolute Gasteiger partial charge is 0.126 e. The SMILES string of the molecule is CN(C)CC#Cc1cc2c(Nc3ccc4[nH]ccc4c3)ccnc2s1. The number of aromatic nitrogens is 2. The van der Waals surface area contributed by atoms with Crippen molar-refractivity contribution in [3.05, 3.63) is 53.7 Å². The Balaban J connectivity index is 1.66. The molecule has 0 aliphatic carbocycles. The number of hydrogen-bond donors (Lipinski definition) is 2. The summed E-state index contributed by atoms with van der Waals surface area (Å²) in [7, 11) is 4.04. The number of anilines is 2. The summed E-state index contributed by atoms with van der Waals surface area (Å²) in [5.74, 6) is 6.42. The molecular weight excluding hydrogens is 328 g/mol. The van der Waals surface area contributed by atoms with E-state index in [0.29, 0.717) is 0 Å². The number of benzene rings is 1. The van der Waals surface area contributed by atoms with Crippen LogP contribution < -0.4 is 5.32 Å². The molecule has 0 amide bonds. The van der Waals surface area contributed by atoms with Crippen LogP contribution in [0.4, 0.5) is 11.4 Å². The highest BCUT2D eigenvalue weighted by molar-refractivity contribution is 7.19. The maximum absolute atomic E-state index is 4.48. The Labute approximate surface area is 150 Å². The molecule has 3 heterocycles. The van der Waals surface area contributed by atoms with E-state index in [0.717, 1.165) is 38.5 Å². The zero-order chi connectivity index (χ0) is 17.2. The molecule has 0 fully saturated rings. The van der Waals surface area contributed by atoms with Gasteiger partial charge in [0.1, 0.15) is 4.83 Å². The number of rotatable bonds is 3. The van der Waals surface area contributed by atoms with Crippen LogP contribution in [0.15, 0.2) is 48.8 Å². The second-order valence-corrected chi connectivity index (χ2v) is 7.16. The summed E-state index contributed by atoms with van der Waals surface area (Å²) in [6, 6.07) is 12.5. The minimum absolute atomic E-state index is 0.753. The summed E-state index contributed by atoms with van der Waals surface area (Å²) in [5, 5.41) is 5.81. The van der Waals surface area contributed by atoms with Crippen LogP contribution in [-0.2, 0) is 0 Å². The van der Waals surface area contributed by atoms with Gasteiger partial charge in [-0.2, -0.15) is 0 Å². The van der Waals surface area contributed by atoms with E-state index in [4.69, 9.17) is 0 Å². The number of pyridine rings is 1. The molecule has 4 aromatic rings. The lowest BCUT2D eigenvalue weighted by Gasteiger charge is -2.07. The third-order valence-electron chi connectivity index (χ3n) is 3.87. The highest BCUT2D eigenvalue weighted by Crippen LogP contribution is 2.31. The van der Waals surface area contributed by atoms with E-state index in [-0.39, 0.29) is 0 Å². The van der Waals surface area contributed by atoms with Gasteiger partial charge in [-0.3, -0.25) is 4.90 Å². The Kier molecular flexibility index (Phi) is 4.14. The van der Waals surface area contributed by atoms with Crippen LogP contribution in [-0.4, -0.2) is 35.5 Å².